The average molecular weight is 191 g/mol. The van der Waals surface area contributed by atoms with E-state index in [9.17, 15) is 0 Å². The summed E-state index contributed by atoms with van der Waals surface area (Å²) in [5.74, 6) is 0. The number of anilines is 2. The van der Waals surface area contributed by atoms with Crippen LogP contribution in [0.5, 0.6) is 0 Å². The number of nitrogens with zero attached hydrogens (tertiary/aromatic N) is 1. The summed E-state index contributed by atoms with van der Waals surface area (Å²) >= 11 is 0. The number of pyridine rings is 1. The predicted molar refractivity (Wildman–Crippen MR) is 59.1 cm³/mol. The van der Waals surface area contributed by atoms with Crippen molar-refractivity contribution < 1.29 is 0 Å². The number of hydrogen-bond acceptors (Lipinski definition) is 3. The van der Waals surface area contributed by atoms with Gasteiger partial charge < -0.3 is 11.1 Å². The van der Waals surface area contributed by atoms with Gasteiger partial charge in [0.15, 0.2) is 0 Å². The van der Waals surface area contributed by atoms with Crippen molar-refractivity contribution in [2.24, 2.45) is 5.41 Å². The van der Waals surface area contributed by atoms with Crippen molar-refractivity contribution in [3.05, 3.63) is 18.5 Å². The Kier molecular flexibility index (Phi) is 2.32. The van der Waals surface area contributed by atoms with Gasteiger partial charge >= 0.3 is 0 Å². The molecule has 1 aliphatic carbocycles. The molecule has 76 valence electrons. The summed E-state index contributed by atoms with van der Waals surface area (Å²) in [5.41, 5.74) is 7.95. The Morgan fingerprint density at radius 3 is 2.86 bits per heavy atom. The van der Waals surface area contributed by atoms with Crippen LogP contribution in [0.25, 0.3) is 0 Å². The van der Waals surface area contributed by atoms with Gasteiger partial charge in [-0.05, 0) is 30.7 Å². The van der Waals surface area contributed by atoms with E-state index in [-0.39, 0.29) is 0 Å². The van der Waals surface area contributed by atoms with E-state index >= 15 is 0 Å². The van der Waals surface area contributed by atoms with Crippen molar-refractivity contribution in [2.45, 2.75) is 26.2 Å². The summed E-state index contributed by atoms with van der Waals surface area (Å²) in [7, 11) is 0. The van der Waals surface area contributed by atoms with E-state index in [1.165, 1.54) is 19.3 Å². The van der Waals surface area contributed by atoms with Gasteiger partial charge in [-0.2, -0.15) is 0 Å². The molecule has 1 fully saturated rings. The molecular weight excluding hydrogens is 174 g/mol. The Bertz CT molecular complexity index is 318. The van der Waals surface area contributed by atoms with Crippen LogP contribution in [0, 0.1) is 5.41 Å². The highest BCUT2D eigenvalue weighted by molar-refractivity contribution is 5.51. The van der Waals surface area contributed by atoms with Crippen LogP contribution in [0.4, 0.5) is 11.4 Å². The second-order valence-electron chi connectivity index (χ2n) is 4.21. The summed E-state index contributed by atoms with van der Waals surface area (Å²) in [4.78, 5) is 4.04. The van der Waals surface area contributed by atoms with Crippen LogP contribution in [0.3, 0.4) is 0 Å². The Morgan fingerprint density at radius 1 is 1.50 bits per heavy atom. The zero-order valence-electron chi connectivity index (χ0n) is 8.59. The molecule has 1 aromatic heterocycles. The number of hydrogen-bond donors (Lipinski definition) is 2. The van der Waals surface area contributed by atoms with Crippen LogP contribution in [-0.2, 0) is 0 Å². The third kappa shape index (κ3) is 1.97. The molecule has 0 amide bonds. The summed E-state index contributed by atoms with van der Waals surface area (Å²) in [6.45, 7) is 3.31. The van der Waals surface area contributed by atoms with Gasteiger partial charge in [-0.1, -0.05) is 6.92 Å². The first-order chi connectivity index (χ1) is 6.74. The fraction of sp³-hybridized carbons (Fsp3) is 0.545. The first-order valence-electron chi connectivity index (χ1n) is 5.18. The van der Waals surface area contributed by atoms with Crippen LogP contribution < -0.4 is 11.1 Å². The Balaban J connectivity index is 1.92. The Hall–Kier alpha value is -1.25. The zero-order chi connectivity index (χ0) is 10.0. The van der Waals surface area contributed by atoms with E-state index in [0.29, 0.717) is 5.41 Å². The highest BCUT2D eigenvalue weighted by Crippen LogP contribution is 2.48. The minimum Gasteiger partial charge on any atom is -0.397 e. The fourth-order valence-electron chi connectivity index (χ4n) is 1.68. The van der Waals surface area contributed by atoms with Crippen LogP contribution in [0.1, 0.15) is 26.2 Å². The molecule has 0 aliphatic heterocycles. The molecule has 0 bridgehead atoms. The summed E-state index contributed by atoms with van der Waals surface area (Å²) in [6.07, 6.45) is 7.45. The van der Waals surface area contributed by atoms with Gasteiger partial charge in [0.2, 0.25) is 0 Å². The second-order valence-corrected chi connectivity index (χ2v) is 4.21. The normalized spacial score (nSPS) is 17.8. The quantitative estimate of drug-likeness (QED) is 0.767. The highest BCUT2D eigenvalue weighted by Gasteiger charge is 2.40. The van der Waals surface area contributed by atoms with Gasteiger partial charge in [-0.25, -0.2) is 0 Å². The number of nitrogen functional groups attached to an aromatic ring is 1. The Morgan fingerprint density at radius 2 is 2.29 bits per heavy atom. The molecule has 0 radical (unpaired) electrons. The maximum absolute atomic E-state index is 5.64. The van der Waals surface area contributed by atoms with E-state index in [2.05, 4.69) is 17.2 Å². The molecule has 1 aliphatic rings. The van der Waals surface area contributed by atoms with Crippen molar-refractivity contribution in [2.75, 3.05) is 17.6 Å². The van der Waals surface area contributed by atoms with Crippen LogP contribution in [0.15, 0.2) is 18.5 Å². The van der Waals surface area contributed by atoms with Gasteiger partial charge in [-0.3, -0.25) is 4.98 Å². The molecule has 3 N–H and O–H groups in total. The zero-order valence-corrected chi connectivity index (χ0v) is 8.59. The molecule has 14 heavy (non-hydrogen) atoms. The highest BCUT2D eigenvalue weighted by atomic mass is 14.9. The van der Waals surface area contributed by atoms with Crippen LogP contribution in [0.2, 0.25) is 0 Å². The third-order valence-electron chi connectivity index (χ3n) is 3.13. The standard InChI is InChI=1S/C11H17N3/c1-2-11(3-4-11)8-14-10-5-9(12)6-13-7-10/h5-7,14H,2-4,8,12H2,1H3. The molecule has 1 saturated carbocycles. The minimum absolute atomic E-state index is 0.560. The first-order valence-corrected chi connectivity index (χ1v) is 5.18. The van der Waals surface area contributed by atoms with E-state index in [4.69, 9.17) is 5.73 Å². The van der Waals surface area contributed by atoms with Crippen LogP contribution >= 0.6 is 0 Å². The molecule has 0 unspecified atom stereocenters. The molecule has 1 heterocycles. The van der Waals surface area contributed by atoms with Crippen LogP contribution in [-0.4, -0.2) is 11.5 Å². The maximum atomic E-state index is 5.64. The SMILES string of the molecule is CCC1(CNc2cncc(N)c2)CC1. The smallest absolute Gasteiger partial charge is 0.0547 e. The van der Waals surface area contributed by atoms with E-state index in [0.717, 1.165) is 17.9 Å². The summed E-state index contributed by atoms with van der Waals surface area (Å²) < 4.78 is 0. The number of rotatable bonds is 4. The lowest BCUT2D eigenvalue weighted by molar-refractivity contribution is 0.521. The molecule has 1 aromatic rings. The van der Waals surface area contributed by atoms with Crippen molar-refractivity contribution in [3.8, 4) is 0 Å². The molecule has 0 saturated heterocycles. The topological polar surface area (TPSA) is 50.9 Å². The van der Waals surface area contributed by atoms with E-state index in [1.54, 1.807) is 6.20 Å². The number of nitrogens with two attached hydrogens (primary N) is 1. The monoisotopic (exact) mass is 191 g/mol. The maximum Gasteiger partial charge on any atom is 0.0547 e. The second kappa shape index (κ2) is 3.48. The number of aromatic nitrogens is 1. The van der Waals surface area contributed by atoms with E-state index < -0.39 is 0 Å². The minimum atomic E-state index is 0.560. The summed E-state index contributed by atoms with van der Waals surface area (Å²) in [5, 5.41) is 3.40. The molecule has 3 nitrogen and oxygen atoms in total. The fourth-order valence-corrected chi connectivity index (χ4v) is 1.68. The molecule has 0 spiro atoms. The van der Waals surface area contributed by atoms with E-state index in [1.807, 2.05) is 12.3 Å². The third-order valence-corrected chi connectivity index (χ3v) is 3.13. The van der Waals surface area contributed by atoms with Crippen molar-refractivity contribution in [1.82, 2.24) is 4.98 Å². The van der Waals surface area contributed by atoms with Crippen molar-refractivity contribution >= 4 is 11.4 Å². The molecule has 3 heteroatoms. The molecule has 0 atom stereocenters. The van der Waals surface area contributed by atoms with Gasteiger partial charge in [-0.15, -0.1) is 0 Å². The average Bonchev–Trinajstić information content (AvgIpc) is 2.96. The van der Waals surface area contributed by atoms with Gasteiger partial charge in [0.05, 0.1) is 17.6 Å². The van der Waals surface area contributed by atoms with Crippen molar-refractivity contribution in [3.63, 3.8) is 0 Å². The van der Waals surface area contributed by atoms with Gasteiger partial charge in [0.1, 0.15) is 0 Å². The predicted octanol–water partition coefficient (Wildman–Crippen LogP) is 2.27. The van der Waals surface area contributed by atoms with Gasteiger partial charge in [0.25, 0.3) is 0 Å². The lowest BCUT2D eigenvalue weighted by atomic mass is 10.0. The largest absolute Gasteiger partial charge is 0.397 e. The molecule has 0 aromatic carbocycles. The summed E-state index contributed by atoms with van der Waals surface area (Å²) in [6, 6.07) is 1.93. The number of nitrogens with one attached hydrogen (secondary N) is 1. The van der Waals surface area contributed by atoms with Crippen molar-refractivity contribution in [1.29, 1.82) is 0 Å². The molecular formula is C11H17N3. The first kappa shape index (κ1) is 9.31. The molecule has 2 rings (SSSR count). The lowest BCUT2D eigenvalue weighted by Gasteiger charge is -2.14. The van der Waals surface area contributed by atoms with Gasteiger partial charge in [0, 0.05) is 12.7 Å². The Labute approximate surface area is 84.7 Å². The lowest BCUT2D eigenvalue weighted by Crippen LogP contribution is -2.14.